The van der Waals surface area contributed by atoms with Gasteiger partial charge in [0, 0.05) is 63.4 Å². The number of alkyl halides is 3. The summed E-state index contributed by atoms with van der Waals surface area (Å²) in [5.74, 6) is -12.6. The van der Waals surface area contributed by atoms with Crippen LogP contribution in [0.2, 0.25) is 30.1 Å². The first kappa shape index (κ1) is 98.6. The molecule has 5 heterocycles. The van der Waals surface area contributed by atoms with Crippen molar-refractivity contribution in [3.8, 4) is 0 Å². The van der Waals surface area contributed by atoms with Crippen molar-refractivity contribution in [2.24, 2.45) is 0 Å². The van der Waals surface area contributed by atoms with Gasteiger partial charge in [-0.3, -0.25) is 24.0 Å². The van der Waals surface area contributed by atoms with E-state index in [4.69, 9.17) is 199 Å². The number of ether oxygens (including phenoxy) is 20. The van der Waals surface area contributed by atoms with E-state index < -0.39 is 225 Å². The van der Waals surface area contributed by atoms with Crippen LogP contribution in [0.15, 0.2) is 206 Å². The van der Waals surface area contributed by atoms with Gasteiger partial charge in [-0.15, -0.1) is 0 Å². The average Bonchev–Trinajstić information content (AvgIpc) is 0.743. The Labute approximate surface area is 791 Å². The van der Waals surface area contributed by atoms with Gasteiger partial charge >= 0.3 is 59.7 Å². The molecule has 21 atom stereocenters. The van der Waals surface area contributed by atoms with Crippen molar-refractivity contribution in [1.29, 1.82) is 0 Å². The topological polar surface area (TPSA) is 384 Å². The largest absolute Gasteiger partial charge is 0.463 e. The van der Waals surface area contributed by atoms with Crippen molar-refractivity contribution in [3.63, 3.8) is 0 Å². The minimum Gasteiger partial charge on any atom is -0.463 e. The highest BCUT2D eigenvalue weighted by Gasteiger charge is 2.63. The number of esters is 10. The molecule has 0 radical (unpaired) electrons. The lowest BCUT2D eigenvalue weighted by molar-refractivity contribution is -0.396. The van der Waals surface area contributed by atoms with Crippen LogP contribution in [0.5, 0.6) is 0 Å². The summed E-state index contributed by atoms with van der Waals surface area (Å²) in [4.78, 5) is 159. The lowest BCUT2D eigenvalue weighted by Gasteiger charge is -2.53. The van der Waals surface area contributed by atoms with E-state index in [1.54, 1.807) is 36.4 Å². The smallest absolute Gasteiger partial charge is 0.338 e. The molecule has 13 rings (SSSR count). The van der Waals surface area contributed by atoms with Gasteiger partial charge in [0.15, 0.2) is 74.2 Å². The van der Waals surface area contributed by atoms with E-state index in [1.807, 2.05) is 0 Å². The van der Waals surface area contributed by atoms with Crippen molar-refractivity contribution >= 4 is 170 Å². The summed E-state index contributed by atoms with van der Waals surface area (Å²) in [5, 5.41) is 3.76. The van der Waals surface area contributed by atoms with Gasteiger partial charge in [-0.2, -0.15) is 0 Å². The van der Waals surface area contributed by atoms with Crippen LogP contribution in [0.25, 0.3) is 0 Å². The van der Waals surface area contributed by atoms with E-state index in [0.29, 0.717) is 5.56 Å². The second kappa shape index (κ2) is 45.2. The van der Waals surface area contributed by atoms with E-state index in [-0.39, 0.29) is 75.7 Å². The first-order chi connectivity index (χ1) is 62.7. The first-order valence-corrected chi connectivity index (χ1v) is 43.4. The van der Waals surface area contributed by atoms with Gasteiger partial charge in [0.25, 0.3) is 9.70 Å². The minimum absolute atomic E-state index is 0.0742. The molecule has 0 aromatic heterocycles. The third-order valence-corrected chi connectivity index (χ3v) is 22.5. The molecule has 5 aliphatic rings. The summed E-state index contributed by atoms with van der Waals surface area (Å²) in [6, 6.07) is 46.1. The van der Waals surface area contributed by atoms with Crippen LogP contribution < -0.4 is 5.32 Å². The Balaban J connectivity index is 1.04. The lowest BCUT2D eigenvalue weighted by atomic mass is 9.93. The van der Waals surface area contributed by atoms with E-state index in [0.717, 1.165) is 27.7 Å². The Bertz CT molecular complexity index is 5350. The highest BCUT2D eigenvalue weighted by molar-refractivity contribution is 6.76. The van der Waals surface area contributed by atoms with Gasteiger partial charge < -0.3 is 100 Å². The summed E-state index contributed by atoms with van der Waals surface area (Å²) in [6.45, 7) is 0.129. The molecule has 1 amide bonds. The number of carbonyl (C=O) groups excluding carboxylic acids is 11. The molecule has 1 N–H and O–H groups in total. The van der Waals surface area contributed by atoms with Crippen molar-refractivity contribution < 1.29 is 147 Å². The third kappa shape index (κ3) is 26.2. The predicted octanol–water partition coefficient (Wildman–Crippen LogP) is 14.1. The average molecular weight is 1990 g/mol. The third-order valence-electron chi connectivity index (χ3n) is 20.4. The minimum atomic E-state index is -3.01. The van der Waals surface area contributed by atoms with Crippen LogP contribution >= 0.6 is 104 Å². The predicted molar refractivity (Wildman–Crippen MR) is 462 cm³/mol. The maximum absolute atomic E-state index is 15.8. The SMILES string of the molecule is CC(=O)OC[C@H]1O[C@@H](O[C@@H]2[C@@H](NC(=O)C(Cl)(Cl)Cl)[C@H](O[C@H]3[C@@H](OC(=O)c4ccccc4)[C@@H](COC(=O)c4ccc(Cl)cc4)O[C@@H](O[C@H]4[C@H](OC(=O)c5ccc(Cl)cc5)[C@@H](OC(=O)c5ccc(Cl)cc5)[C@H](OCc5ccccc5)O[C@@H]4COC(=O)c4ccc(Cl)cc4)[C@@H]3OC(=O)c3ccc(Cl)cc3)O[C@@H]3COC(c4ccc(Cl)cc4)O[C@@H]23)[C@H](OC(C)=O)[C@@H](OC(C)=O)[C@H]1OC(C)=O. The van der Waals surface area contributed by atoms with Crippen molar-refractivity contribution in [2.45, 2.75) is 167 Å². The zero-order chi connectivity index (χ0) is 93.5. The van der Waals surface area contributed by atoms with Crippen LogP contribution in [-0.4, -0.2) is 219 Å². The number of carbonyl (C=O) groups is 11. The summed E-state index contributed by atoms with van der Waals surface area (Å²) < 4.78 is 128. The van der Waals surface area contributed by atoms with Crippen LogP contribution in [-0.2, 0) is 125 Å². The molecule has 41 heteroatoms. The maximum atomic E-state index is 15.8. The van der Waals surface area contributed by atoms with Crippen LogP contribution in [0.4, 0.5) is 0 Å². The molecule has 131 heavy (non-hydrogen) atoms. The maximum Gasteiger partial charge on any atom is 0.338 e. The van der Waals surface area contributed by atoms with E-state index in [2.05, 4.69) is 5.32 Å². The van der Waals surface area contributed by atoms with Crippen LogP contribution in [0.1, 0.15) is 107 Å². The normalized spacial score (nSPS) is 26.3. The number of amides is 1. The van der Waals surface area contributed by atoms with Crippen molar-refractivity contribution in [3.05, 3.63) is 281 Å². The number of rotatable bonds is 30. The van der Waals surface area contributed by atoms with Gasteiger partial charge in [0.05, 0.1) is 46.6 Å². The van der Waals surface area contributed by atoms with E-state index >= 15 is 24.0 Å². The summed E-state index contributed by atoms with van der Waals surface area (Å²) >= 11 is 58.0. The number of fused-ring (bicyclic) bond motifs is 1. The molecule has 32 nitrogen and oxygen atoms in total. The molecule has 8 aromatic rings. The molecule has 1 unspecified atom stereocenters. The molecule has 0 bridgehead atoms. The van der Waals surface area contributed by atoms with E-state index in [9.17, 15) is 28.8 Å². The zero-order valence-corrected chi connectivity index (χ0v) is 75.7. The molecule has 0 aliphatic carbocycles. The quantitative estimate of drug-likeness (QED) is 0.0248. The second-order valence-electron chi connectivity index (χ2n) is 29.7. The van der Waals surface area contributed by atoms with Gasteiger partial charge in [0.1, 0.15) is 74.7 Å². The molecule has 0 spiro atoms. The summed E-state index contributed by atoms with van der Waals surface area (Å²) in [7, 11) is 0. The highest BCUT2D eigenvalue weighted by Crippen LogP contribution is 2.44. The summed E-state index contributed by atoms with van der Waals surface area (Å²) in [5.41, 5.74) is -0.237. The fraction of sp³-hybridized carbons (Fsp3) is 0.344. The molecule has 5 saturated heterocycles. The number of benzene rings is 8. The molecule has 8 aromatic carbocycles. The fourth-order valence-corrected chi connectivity index (χ4v) is 15.3. The summed E-state index contributed by atoms with van der Waals surface area (Å²) in [6.07, 6.45) is -41.1. The Hall–Kier alpha value is -9.86. The Morgan fingerprint density at radius 1 is 0.336 bits per heavy atom. The number of hydrogen-bond acceptors (Lipinski definition) is 31. The highest BCUT2D eigenvalue weighted by atomic mass is 35.6. The first-order valence-electron chi connectivity index (χ1n) is 40.0. The molecule has 5 fully saturated rings. The monoisotopic (exact) mass is 1980 g/mol. The molecule has 5 aliphatic heterocycles. The second-order valence-corrected chi connectivity index (χ2v) is 34.6. The Kier molecular flexibility index (Phi) is 34.1. The van der Waals surface area contributed by atoms with Crippen LogP contribution in [0, 0.1) is 0 Å². The van der Waals surface area contributed by atoms with Crippen molar-refractivity contribution in [1.82, 2.24) is 5.32 Å². The van der Waals surface area contributed by atoms with E-state index in [1.165, 1.54) is 170 Å². The van der Waals surface area contributed by atoms with Crippen LogP contribution in [0.3, 0.4) is 0 Å². The lowest BCUT2D eigenvalue weighted by Crippen LogP contribution is -2.72. The molecular weight excluding hydrogens is 1910 g/mol. The van der Waals surface area contributed by atoms with Gasteiger partial charge in [0.2, 0.25) is 0 Å². The fourth-order valence-electron chi connectivity index (χ4n) is 14.4. The number of nitrogens with one attached hydrogen (secondary N) is 1. The Morgan fingerprint density at radius 2 is 0.679 bits per heavy atom. The van der Waals surface area contributed by atoms with Gasteiger partial charge in [-0.05, 0) is 151 Å². The standard InChI is InChI=1S/C90H78Cl9NO31/c1-44(101)112-40-62-68(117-45(2)102)72(118-46(3)103)76(119-47(4)104)87(122-62)130-71-66(100-89(111)90(97,98)99)85(120-65-43-116-84(128-67(65)71)55-25-37-61(96)38-26-55)131-74-69(124-80(107)49-13-9-6-10-14-49)63(41-113-78(105)50-15-27-56(91)28-16-50)123-88(77(74)127-83(110)54-23-35-60(95)36-24-54)129-70-64(42-114-79(106)51-17-29-57(92)30-18-51)121-86(115-39-48-11-7-5-8-12-48)75(126-82(109)53-21-33-59(94)34-22-53)73(70)125-81(108)52-19-31-58(93)32-20-52/h5-38,62-77,84-88H,39-43H2,1-4H3,(H,100,111)/t62-,63-,64-,65-,66-,67-,68+,69+,70-,71-,72+,73+,74+,75-,76-,77-,84?,85+,86-,87+,88+/m1/s1. The van der Waals surface area contributed by atoms with Gasteiger partial charge in [-0.1, -0.05) is 165 Å². The van der Waals surface area contributed by atoms with Gasteiger partial charge in [-0.25, -0.2) is 28.8 Å². The Morgan fingerprint density at radius 3 is 1.13 bits per heavy atom. The molecule has 0 saturated carbocycles. The number of halogens is 9. The number of hydrogen-bond donors (Lipinski definition) is 1. The molecular formula is C90H78Cl9NO31. The molecule has 692 valence electrons. The van der Waals surface area contributed by atoms with Crippen molar-refractivity contribution in [2.75, 3.05) is 26.4 Å². The zero-order valence-electron chi connectivity index (χ0n) is 68.8.